The Morgan fingerprint density at radius 3 is 2.33 bits per heavy atom. The second-order valence-electron chi connectivity index (χ2n) is 6.88. The average Bonchev–Trinajstić information content (AvgIpc) is 2.67. The Hall–Kier alpha value is -2.02. The molecule has 3 rings (SSSR count). The van der Waals surface area contributed by atoms with Crippen LogP contribution in [0.15, 0.2) is 58.1 Å². The van der Waals surface area contributed by atoms with E-state index in [4.69, 9.17) is 0 Å². The third-order valence-electron chi connectivity index (χ3n) is 4.63. The molecule has 0 atom stereocenters. The zero-order chi connectivity index (χ0) is 19.1. The van der Waals surface area contributed by atoms with E-state index in [9.17, 15) is 4.79 Å². The SMILES string of the molecule is Cc1ccc(CN2CCN(CC(=O)N/N=C\c3ccc(Br)cc3)CC2)cc1. The topological polar surface area (TPSA) is 47.9 Å². The summed E-state index contributed by atoms with van der Waals surface area (Å²) < 4.78 is 1.02. The summed E-state index contributed by atoms with van der Waals surface area (Å²) in [7, 11) is 0. The quantitative estimate of drug-likeness (QED) is 0.568. The summed E-state index contributed by atoms with van der Waals surface area (Å²) in [6.07, 6.45) is 1.66. The van der Waals surface area contributed by atoms with Crippen molar-refractivity contribution in [3.8, 4) is 0 Å². The molecule has 1 amide bonds. The highest BCUT2D eigenvalue weighted by Crippen LogP contribution is 2.10. The van der Waals surface area contributed by atoms with E-state index in [0.29, 0.717) is 6.54 Å². The highest BCUT2D eigenvalue weighted by atomic mass is 79.9. The number of carbonyl (C=O) groups is 1. The maximum Gasteiger partial charge on any atom is 0.254 e. The molecule has 142 valence electrons. The first-order chi connectivity index (χ1) is 13.1. The molecule has 1 aliphatic heterocycles. The van der Waals surface area contributed by atoms with Crippen LogP contribution in [0.25, 0.3) is 0 Å². The molecule has 0 aliphatic carbocycles. The van der Waals surface area contributed by atoms with Gasteiger partial charge in [0.05, 0.1) is 12.8 Å². The fraction of sp³-hybridized carbons (Fsp3) is 0.333. The smallest absolute Gasteiger partial charge is 0.254 e. The Labute approximate surface area is 169 Å². The van der Waals surface area contributed by atoms with Crippen LogP contribution in [-0.2, 0) is 11.3 Å². The van der Waals surface area contributed by atoms with Crippen molar-refractivity contribution in [2.24, 2.45) is 5.10 Å². The molecule has 0 aromatic heterocycles. The molecule has 0 saturated carbocycles. The normalized spacial score (nSPS) is 15.9. The molecule has 1 N–H and O–H groups in total. The number of nitrogens with one attached hydrogen (secondary N) is 1. The van der Waals surface area contributed by atoms with Gasteiger partial charge in [0.1, 0.15) is 0 Å². The average molecular weight is 429 g/mol. The van der Waals surface area contributed by atoms with E-state index in [2.05, 4.69) is 67.4 Å². The lowest BCUT2D eigenvalue weighted by molar-refractivity contribution is -0.122. The minimum Gasteiger partial charge on any atom is -0.297 e. The number of carbonyl (C=O) groups excluding carboxylic acids is 1. The second kappa shape index (κ2) is 9.78. The van der Waals surface area contributed by atoms with Gasteiger partial charge in [0.2, 0.25) is 0 Å². The van der Waals surface area contributed by atoms with E-state index >= 15 is 0 Å². The van der Waals surface area contributed by atoms with Crippen LogP contribution in [0.4, 0.5) is 0 Å². The molecule has 2 aromatic carbocycles. The van der Waals surface area contributed by atoms with Gasteiger partial charge in [-0.05, 0) is 30.2 Å². The largest absolute Gasteiger partial charge is 0.297 e. The number of nitrogens with zero attached hydrogens (tertiary/aromatic N) is 3. The summed E-state index contributed by atoms with van der Waals surface area (Å²) in [6.45, 7) is 7.21. The first-order valence-electron chi connectivity index (χ1n) is 9.16. The van der Waals surface area contributed by atoms with Crippen LogP contribution in [0.5, 0.6) is 0 Å². The lowest BCUT2D eigenvalue weighted by Crippen LogP contribution is -2.48. The van der Waals surface area contributed by atoms with Crippen molar-refractivity contribution in [2.75, 3.05) is 32.7 Å². The maximum absolute atomic E-state index is 12.1. The molecule has 1 heterocycles. The fourth-order valence-corrected chi connectivity index (χ4v) is 3.29. The number of hydrogen-bond donors (Lipinski definition) is 1. The number of halogens is 1. The van der Waals surface area contributed by atoms with E-state index in [1.807, 2.05) is 24.3 Å². The lowest BCUT2D eigenvalue weighted by atomic mass is 10.1. The van der Waals surface area contributed by atoms with E-state index < -0.39 is 0 Å². The Morgan fingerprint density at radius 1 is 1.04 bits per heavy atom. The number of hydrogen-bond acceptors (Lipinski definition) is 4. The zero-order valence-corrected chi connectivity index (χ0v) is 17.2. The molecule has 27 heavy (non-hydrogen) atoms. The van der Waals surface area contributed by atoms with Gasteiger partial charge in [0.25, 0.3) is 5.91 Å². The maximum atomic E-state index is 12.1. The Morgan fingerprint density at radius 2 is 1.67 bits per heavy atom. The van der Waals surface area contributed by atoms with Crippen LogP contribution >= 0.6 is 15.9 Å². The van der Waals surface area contributed by atoms with E-state index in [1.54, 1.807) is 6.21 Å². The van der Waals surface area contributed by atoms with Crippen LogP contribution in [0.2, 0.25) is 0 Å². The Balaban J connectivity index is 1.37. The van der Waals surface area contributed by atoms with Crippen molar-refractivity contribution in [1.82, 2.24) is 15.2 Å². The van der Waals surface area contributed by atoms with Crippen LogP contribution in [0, 0.1) is 6.92 Å². The standard InChI is InChI=1S/C21H25BrN4O/c1-17-2-4-19(5-3-17)15-25-10-12-26(13-11-25)16-21(27)24-23-14-18-6-8-20(22)9-7-18/h2-9,14H,10-13,15-16H2,1H3,(H,24,27)/b23-14-. The van der Waals surface area contributed by atoms with Crippen molar-refractivity contribution in [2.45, 2.75) is 13.5 Å². The molecule has 1 aliphatic rings. The van der Waals surface area contributed by atoms with Crippen molar-refractivity contribution >= 4 is 28.1 Å². The Kier molecular flexibility index (Phi) is 7.15. The van der Waals surface area contributed by atoms with Gasteiger partial charge >= 0.3 is 0 Å². The van der Waals surface area contributed by atoms with Gasteiger partial charge in [-0.3, -0.25) is 14.6 Å². The van der Waals surface area contributed by atoms with Gasteiger partial charge in [-0.25, -0.2) is 5.43 Å². The van der Waals surface area contributed by atoms with Crippen LogP contribution in [0.1, 0.15) is 16.7 Å². The van der Waals surface area contributed by atoms with Crippen molar-refractivity contribution in [1.29, 1.82) is 0 Å². The Bertz CT molecular complexity index is 766. The number of hydrazone groups is 1. The van der Waals surface area contributed by atoms with E-state index in [-0.39, 0.29) is 5.91 Å². The third kappa shape index (κ3) is 6.57. The number of aryl methyl sites for hydroxylation is 1. The molecular weight excluding hydrogens is 404 g/mol. The van der Waals surface area contributed by atoms with Gasteiger partial charge in [0.15, 0.2) is 0 Å². The summed E-state index contributed by atoms with van der Waals surface area (Å²) in [5.74, 6) is -0.0738. The fourth-order valence-electron chi connectivity index (χ4n) is 3.02. The van der Waals surface area contributed by atoms with Gasteiger partial charge in [-0.15, -0.1) is 0 Å². The summed E-state index contributed by atoms with van der Waals surface area (Å²) >= 11 is 3.39. The molecule has 0 radical (unpaired) electrons. The summed E-state index contributed by atoms with van der Waals surface area (Å²) in [4.78, 5) is 16.7. The second-order valence-corrected chi connectivity index (χ2v) is 7.80. The van der Waals surface area contributed by atoms with Crippen molar-refractivity contribution in [3.05, 3.63) is 69.7 Å². The summed E-state index contributed by atoms with van der Waals surface area (Å²) in [5.41, 5.74) is 6.19. The molecule has 0 unspecified atom stereocenters. The first-order valence-corrected chi connectivity index (χ1v) is 9.95. The molecule has 5 nitrogen and oxygen atoms in total. The molecular formula is C21H25BrN4O. The molecule has 1 saturated heterocycles. The van der Waals surface area contributed by atoms with E-state index in [1.165, 1.54) is 11.1 Å². The van der Waals surface area contributed by atoms with E-state index in [0.717, 1.165) is 42.8 Å². The minimum absolute atomic E-state index is 0.0738. The molecule has 1 fully saturated rings. The highest BCUT2D eigenvalue weighted by molar-refractivity contribution is 9.10. The number of rotatable bonds is 6. The summed E-state index contributed by atoms with van der Waals surface area (Å²) in [6, 6.07) is 16.5. The minimum atomic E-state index is -0.0738. The van der Waals surface area contributed by atoms with Gasteiger partial charge in [0, 0.05) is 37.2 Å². The zero-order valence-electron chi connectivity index (χ0n) is 15.6. The first kappa shape index (κ1) is 19.7. The predicted molar refractivity (Wildman–Crippen MR) is 113 cm³/mol. The van der Waals surface area contributed by atoms with Crippen LogP contribution in [-0.4, -0.2) is 54.6 Å². The van der Waals surface area contributed by atoms with Crippen molar-refractivity contribution in [3.63, 3.8) is 0 Å². The lowest BCUT2D eigenvalue weighted by Gasteiger charge is -2.34. The van der Waals surface area contributed by atoms with Gasteiger partial charge < -0.3 is 0 Å². The molecule has 0 bridgehead atoms. The monoisotopic (exact) mass is 428 g/mol. The number of piperazine rings is 1. The predicted octanol–water partition coefficient (Wildman–Crippen LogP) is 3.03. The summed E-state index contributed by atoms with van der Waals surface area (Å²) in [5, 5.41) is 4.04. The number of amides is 1. The van der Waals surface area contributed by atoms with Gasteiger partial charge in [-0.2, -0.15) is 5.10 Å². The third-order valence-corrected chi connectivity index (χ3v) is 5.16. The van der Waals surface area contributed by atoms with Crippen molar-refractivity contribution < 1.29 is 4.79 Å². The van der Waals surface area contributed by atoms with Gasteiger partial charge in [-0.1, -0.05) is 57.9 Å². The molecule has 6 heteroatoms. The van der Waals surface area contributed by atoms with Crippen LogP contribution in [0.3, 0.4) is 0 Å². The highest BCUT2D eigenvalue weighted by Gasteiger charge is 2.18. The van der Waals surface area contributed by atoms with Crippen LogP contribution < -0.4 is 5.43 Å². The number of benzene rings is 2. The molecule has 0 spiro atoms. The molecule has 2 aromatic rings.